The molecule has 0 radical (unpaired) electrons. The molecule has 1 aliphatic rings. The molecule has 4 nitrogen and oxygen atoms in total. The highest BCUT2D eigenvalue weighted by Gasteiger charge is 2.12. The molecule has 1 fully saturated rings. The lowest BCUT2D eigenvalue weighted by Crippen LogP contribution is -2.29. The van der Waals surface area contributed by atoms with E-state index >= 15 is 0 Å². The van der Waals surface area contributed by atoms with Gasteiger partial charge in [-0.25, -0.2) is 0 Å². The number of nitrogens with one attached hydrogen (secondary N) is 1. The Morgan fingerprint density at radius 3 is 3.13 bits per heavy atom. The third kappa shape index (κ3) is 5.74. The Balaban J connectivity index is 1.89. The van der Waals surface area contributed by atoms with Crippen LogP contribution in [0.3, 0.4) is 0 Å². The minimum atomic E-state index is -0.127. The summed E-state index contributed by atoms with van der Waals surface area (Å²) in [5.74, 6) is 0.523. The minimum absolute atomic E-state index is 0.127. The van der Waals surface area contributed by atoms with Crippen LogP contribution in [0, 0.1) is 5.92 Å². The first-order valence-corrected chi connectivity index (χ1v) is 5.68. The first-order chi connectivity index (χ1) is 7.33. The maximum absolute atomic E-state index is 10.8. The van der Waals surface area contributed by atoms with E-state index < -0.39 is 0 Å². The van der Waals surface area contributed by atoms with Gasteiger partial charge < -0.3 is 14.8 Å². The molecule has 0 aromatic heterocycles. The summed E-state index contributed by atoms with van der Waals surface area (Å²) in [7, 11) is 1.43. The molecule has 0 aliphatic carbocycles. The molecule has 1 heterocycles. The highest BCUT2D eigenvalue weighted by atomic mass is 16.5. The van der Waals surface area contributed by atoms with Gasteiger partial charge >= 0.3 is 5.97 Å². The van der Waals surface area contributed by atoms with Crippen molar-refractivity contribution < 1.29 is 14.3 Å². The fourth-order valence-electron chi connectivity index (χ4n) is 1.73. The molecule has 0 bridgehead atoms. The summed E-state index contributed by atoms with van der Waals surface area (Å²) < 4.78 is 9.94. The van der Waals surface area contributed by atoms with E-state index in [0.717, 1.165) is 32.7 Å². The van der Waals surface area contributed by atoms with Crippen molar-refractivity contribution in [3.8, 4) is 0 Å². The van der Waals surface area contributed by atoms with Gasteiger partial charge in [0.15, 0.2) is 0 Å². The molecule has 0 aromatic rings. The second kappa shape index (κ2) is 7.65. The number of hydrogen-bond acceptors (Lipinski definition) is 4. The van der Waals surface area contributed by atoms with Crippen LogP contribution in [0.5, 0.6) is 0 Å². The Labute approximate surface area is 91.3 Å². The lowest BCUT2D eigenvalue weighted by molar-refractivity contribution is -0.140. The quantitative estimate of drug-likeness (QED) is 0.529. The van der Waals surface area contributed by atoms with E-state index in [2.05, 4.69) is 10.1 Å². The van der Waals surface area contributed by atoms with Crippen molar-refractivity contribution in [2.45, 2.75) is 25.7 Å². The van der Waals surface area contributed by atoms with Gasteiger partial charge in [0.1, 0.15) is 0 Å². The highest BCUT2D eigenvalue weighted by molar-refractivity contribution is 5.68. The second-order valence-corrected chi connectivity index (χ2v) is 3.97. The summed E-state index contributed by atoms with van der Waals surface area (Å²) in [4.78, 5) is 10.8. The number of rotatable bonds is 6. The van der Waals surface area contributed by atoms with Gasteiger partial charge in [-0.05, 0) is 31.7 Å². The standard InChI is InChI=1S/C11H21NO3/c1-14-11(13)5-2-6-12-8-10-4-3-7-15-9-10/h10,12H,2-9H2,1H3. The maximum atomic E-state index is 10.8. The summed E-state index contributed by atoms with van der Waals surface area (Å²) in [5.41, 5.74) is 0. The molecule has 1 aliphatic heterocycles. The van der Waals surface area contributed by atoms with E-state index in [9.17, 15) is 4.79 Å². The summed E-state index contributed by atoms with van der Waals surface area (Å²) >= 11 is 0. The molecule has 0 aromatic carbocycles. The molecule has 88 valence electrons. The average molecular weight is 215 g/mol. The van der Waals surface area contributed by atoms with Crippen molar-refractivity contribution in [1.82, 2.24) is 5.32 Å². The Hall–Kier alpha value is -0.610. The molecular formula is C11H21NO3. The van der Waals surface area contributed by atoms with E-state index in [-0.39, 0.29) is 5.97 Å². The maximum Gasteiger partial charge on any atom is 0.305 e. The summed E-state index contributed by atoms with van der Waals surface area (Å²) in [6.45, 7) is 3.68. The zero-order chi connectivity index (χ0) is 10.9. The molecule has 1 saturated heterocycles. The number of carbonyl (C=O) groups is 1. The van der Waals surface area contributed by atoms with E-state index in [1.165, 1.54) is 20.0 Å². The van der Waals surface area contributed by atoms with E-state index in [0.29, 0.717) is 12.3 Å². The number of hydrogen-bond donors (Lipinski definition) is 1. The van der Waals surface area contributed by atoms with Crippen molar-refractivity contribution in [3.05, 3.63) is 0 Å². The number of carbonyl (C=O) groups excluding carboxylic acids is 1. The van der Waals surface area contributed by atoms with Crippen LogP contribution in [0.2, 0.25) is 0 Å². The van der Waals surface area contributed by atoms with Crippen molar-refractivity contribution >= 4 is 5.97 Å². The normalized spacial score (nSPS) is 21.3. The Morgan fingerprint density at radius 2 is 2.47 bits per heavy atom. The van der Waals surface area contributed by atoms with E-state index in [1.54, 1.807) is 0 Å². The first-order valence-electron chi connectivity index (χ1n) is 5.68. The third-order valence-corrected chi connectivity index (χ3v) is 2.65. The minimum Gasteiger partial charge on any atom is -0.469 e. The number of ether oxygens (including phenoxy) is 2. The van der Waals surface area contributed by atoms with Gasteiger partial charge in [-0.15, -0.1) is 0 Å². The summed E-state index contributed by atoms with van der Waals surface area (Å²) in [6.07, 6.45) is 3.78. The fourth-order valence-corrected chi connectivity index (χ4v) is 1.73. The van der Waals surface area contributed by atoms with Crippen LogP contribution >= 0.6 is 0 Å². The highest BCUT2D eigenvalue weighted by Crippen LogP contribution is 2.11. The van der Waals surface area contributed by atoms with E-state index in [4.69, 9.17) is 4.74 Å². The first kappa shape index (κ1) is 12.5. The predicted molar refractivity (Wildman–Crippen MR) is 57.7 cm³/mol. The lowest BCUT2D eigenvalue weighted by Gasteiger charge is -2.22. The summed E-state index contributed by atoms with van der Waals surface area (Å²) in [5, 5.41) is 3.35. The van der Waals surface area contributed by atoms with Gasteiger partial charge in [0.2, 0.25) is 0 Å². The molecule has 15 heavy (non-hydrogen) atoms. The van der Waals surface area contributed by atoms with Crippen molar-refractivity contribution in [2.75, 3.05) is 33.4 Å². The average Bonchev–Trinajstić information content (AvgIpc) is 2.29. The van der Waals surface area contributed by atoms with Gasteiger partial charge in [0, 0.05) is 19.6 Å². The lowest BCUT2D eigenvalue weighted by atomic mass is 10.0. The number of methoxy groups -OCH3 is 1. The smallest absolute Gasteiger partial charge is 0.305 e. The third-order valence-electron chi connectivity index (χ3n) is 2.65. The molecule has 0 spiro atoms. The molecular weight excluding hydrogens is 194 g/mol. The zero-order valence-corrected chi connectivity index (χ0v) is 9.46. The van der Waals surface area contributed by atoms with Crippen LogP contribution < -0.4 is 5.32 Å². The van der Waals surface area contributed by atoms with Crippen LogP contribution in [0.4, 0.5) is 0 Å². The molecule has 1 rings (SSSR count). The van der Waals surface area contributed by atoms with E-state index in [1.807, 2.05) is 0 Å². The molecule has 0 saturated carbocycles. The van der Waals surface area contributed by atoms with Gasteiger partial charge in [-0.2, -0.15) is 0 Å². The molecule has 4 heteroatoms. The SMILES string of the molecule is COC(=O)CCCNCC1CCCOC1. The molecule has 0 amide bonds. The molecule has 1 N–H and O–H groups in total. The van der Waals surface area contributed by atoms with Crippen LogP contribution in [0.15, 0.2) is 0 Å². The topological polar surface area (TPSA) is 47.6 Å². The Bertz CT molecular complexity index is 179. The largest absolute Gasteiger partial charge is 0.469 e. The molecule has 1 unspecified atom stereocenters. The van der Waals surface area contributed by atoms with Gasteiger partial charge in [0.25, 0.3) is 0 Å². The Morgan fingerprint density at radius 1 is 1.60 bits per heavy atom. The summed E-state index contributed by atoms with van der Waals surface area (Å²) in [6, 6.07) is 0. The van der Waals surface area contributed by atoms with Crippen LogP contribution in [0.25, 0.3) is 0 Å². The van der Waals surface area contributed by atoms with Crippen molar-refractivity contribution in [1.29, 1.82) is 0 Å². The predicted octanol–water partition coefficient (Wildman–Crippen LogP) is 0.956. The number of esters is 1. The Kier molecular flexibility index (Phi) is 6.36. The zero-order valence-electron chi connectivity index (χ0n) is 9.46. The van der Waals surface area contributed by atoms with Crippen LogP contribution in [-0.4, -0.2) is 39.4 Å². The van der Waals surface area contributed by atoms with Crippen LogP contribution in [-0.2, 0) is 14.3 Å². The fraction of sp³-hybridized carbons (Fsp3) is 0.909. The van der Waals surface area contributed by atoms with Crippen molar-refractivity contribution in [3.63, 3.8) is 0 Å². The van der Waals surface area contributed by atoms with Gasteiger partial charge in [-0.3, -0.25) is 4.79 Å². The van der Waals surface area contributed by atoms with Gasteiger partial charge in [-0.1, -0.05) is 0 Å². The van der Waals surface area contributed by atoms with Crippen molar-refractivity contribution in [2.24, 2.45) is 5.92 Å². The van der Waals surface area contributed by atoms with Crippen LogP contribution in [0.1, 0.15) is 25.7 Å². The second-order valence-electron chi connectivity index (χ2n) is 3.97. The molecule has 1 atom stereocenters. The monoisotopic (exact) mass is 215 g/mol. The van der Waals surface area contributed by atoms with Gasteiger partial charge in [0.05, 0.1) is 13.7 Å².